The third kappa shape index (κ3) is 3.91. The van der Waals surface area contributed by atoms with Crippen molar-refractivity contribution >= 4 is 31.9 Å². The number of aromatic nitrogens is 1. The van der Waals surface area contributed by atoms with E-state index < -0.39 is 0 Å². The smallest absolute Gasteiger partial charge is 0.181 e. The van der Waals surface area contributed by atoms with Crippen LogP contribution < -0.4 is 5.32 Å². The van der Waals surface area contributed by atoms with Gasteiger partial charge in [-0.2, -0.15) is 0 Å². The predicted octanol–water partition coefficient (Wildman–Crippen LogP) is 4.75. The van der Waals surface area contributed by atoms with E-state index in [-0.39, 0.29) is 5.54 Å². The molecule has 0 spiro atoms. The van der Waals surface area contributed by atoms with Gasteiger partial charge in [0, 0.05) is 26.6 Å². The molecule has 2 rings (SSSR count). The van der Waals surface area contributed by atoms with Gasteiger partial charge in [-0.3, -0.25) is 0 Å². The normalized spacial score (nSPS) is 11.8. The van der Waals surface area contributed by atoms with Crippen LogP contribution in [-0.4, -0.2) is 10.5 Å². The average molecular weight is 388 g/mol. The molecule has 1 aromatic heterocycles. The molecule has 0 saturated heterocycles. The van der Waals surface area contributed by atoms with Gasteiger partial charge in [-0.25, -0.2) is 4.98 Å². The van der Waals surface area contributed by atoms with Gasteiger partial charge in [0.15, 0.2) is 12.2 Å². The third-order valence-electron chi connectivity index (χ3n) is 2.60. The Balaban J connectivity index is 2.28. The molecule has 0 atom stereocenters. The van der Waals surface area contributed by atoms with E-state index in [1.165, 1.54) is 6.39 Å². The quantitative estimate of drug-likeness (QED) is 0.825. The highest BCUT2D eigenvalue weighted by molar-refractivity contribution is 9.11. The number of nitrogens with zero attached hydrogens (tertiary/aromatic N) is 1. The fraction of sp³-hybridized carbons (Fsp3) is 0.357. The van der Waals surface area contributed by atoms with E-state index in [0.717, 1.165) is 26.0 Å². The van der Waals surface area contributed by atoms with Crippen LogP contribution in [0.25, 0.3) is 11.3 Å². The zero-order chi connectivity index (χ0) is 14.0. The summed E-state index contributed by atoms with van der Waals surface area (Å²) >= 11 is 7.00. The summed E-state index contributed by atoms with van der Waals surface area (Å²) in [5, 5.41) is 3.42. The van der Waals surface area contributed by atoms with Gasteiger partial charge in [-0.15, -0.1) is 0 Å². The summed E-state index contributed by atoms with van der Waals surface area (Å²) in [4.78, 5) is 4.30. The molecule has 102 valence electrons. The Morgan fingerprint density at radius 1 is 1.26 bits per heavy atom. The molecule has 19 heavy (non-hydrogen) atoms. The molecule has 3 nitrogen and oxygen atoms in total. The third-order valence-corrected chi connectivity index (χ3v) is 3.75. The van der Waals surface area contributed by atoms with Crippen LogP contribution in [0, 0.1) is 0 Å². The second-order valence-corrected chi connectivity index (χ2v) is 7.13. The van der Waals surface area contributed by atoms with Gasteiger partial charge in [-0.1, -0.05) is 15.9 Å². The van der Waals surface area contributed by atoms with E-state index in [1.807, 2.05) is 18.2 Å². The van der Waals surface area contributed by atoms with Gasteiger partial charge in [0.2, 0.25) is 0 Å². The molecule has 0 aliphatic carbocycles. The highest BCUT2D eigenvalue weighted by Crippen LogP contribution is 2.32. The number of rotatable bonds is 3. The first-order chi connectivity index (χ1) is 8.87. The van der Waals surface area contributed by atoms with E-state index >= 15 is 0 Å². The first kappa shape index (κ1) is 14.8. The van der Waals surface area contributed by atoms with Gasteiger partial charge in [-0.05, 0) is 54.9 Å². The van der Waals surface area contributed by atoms with E-state index in [1.54, 1.807) is 0 Å². The van der Waals surface area contributed by atoms with Gasteiger partial charge in [0.25, 0.3) is 0 Å². The molecular formula is C14H16Br2N2O. The van der Waals surface area contributed by atoms with E-state index in [4.69, 9.17) is 4.42 Å². The maximum atomic E-state index is 5.54. The van der Waals surface area contributed by atoms with Crippen LogP contribution in [0.2, 0.25) is 0 Å². The minimum Gasteiger partial charge on any atom is -0.443 e. The lowest BCUT2D eigenvalue weighted by atomic mass is 10.1. The van der Waals surface area contributed by atoms with Crippen molar-refractivity contribution in [3.05, 3.63) is 39.2 Å². The van der Waals surface area contributed by atoms with Gasteiger partial charge >= 0.3 is 0 Å². The Morgan fingerprint density at radius 3 is 2.63 bits per heavy atom. The zero-order valence-electron chi connectivity index (χ0n) is 11.1. The SMILES string of the molecule is CC(C)(C)NCc1ncoc1-c1ccc(Br)cc1Br. The van der Waals surface area contributed by atoms with E-state index in [2.05, 4.69) is 62.9 Å². The van der Waals surface area contributed by atoms with E-state index in [0.29, 0.717) is 6.54 Å². The monoisotopic (exact) mass is 386 g/mol. The number of halogens is 2. The molecule has 0 bridgehead atoms. The van der Waals surface area contributed by atoms with Crippen molar-refractivity contribution in [1.29, 1.82) is 0 Å². The van der Waals surface area contributed by atoms with Crippen molar-refractivity contribution in [1.82, 2.24) is 10.3 Å². The highest BCUT2D eigenvalue weighted by Gasteiger charge is 2.16. The average Bonchev–Trinajstić information content (AvgIpc) is 2.73. The fourth-order valence-corrected chi connectivity index (χ4v) is 2.86. The Hall–Kier alpha value is -0.650. The number of hydrogen-bond donors (Lipinski definition) is 1. The van der Waals surface area contributed by atoms with Crippen LogP contribution >= 0.6 is 31.9 Å². The van der Waals surface area contributed by atoms with Crippen molar-refractivity contribution in [2.24, 2.45) is 0 Å². The van der Waals surface area contributed by atoms with Gasteiger partial charge < -0.3 is 9.73 Å². The summed E-state index contributed by atoms with van der Waals surface area (Å²) in [6.45, 7) is 7.06. The first-order valence-corrected chi connectivity index (χ1v) is 7.58. The van der Waals surface area contributed by atoms with Crippen LogP contribution in [0.15, 0.2) is 38.0 Å². The maximum absolute atomic E-state index is 5.54. The Bertz CT molecular complexity index is 573. The highest BCUT2D eigenvalue weighted by atomic mass is 79.9. The summed E-state index contributed by atoms with van der Waals surface area (Å²) in [6.07, 6.45) is 1.49. The zero-order valence-corrected chi connectivity index (χ0v) is 14.3. The number of nitrogens with one attached hydrogen (secondary N) is 1. The van der Waals surface area contributed by atoms with E-state index in [9.17, 15) is 0 Å². The molecule has 0 saturated carbocycles. The van der Waals surface area contributed by atoms with Crippen molar-refractivity contribution in [3.63, 3.8) is 0 Å². The van der Waals surface area contributed by atoms with Gasteiger partial charge in [0.1, 0.15) is 5.69 Å². The standard InChI is InChI=1S/C14H16Br2N2O/c1-14(2,3)18-7-12-13(19-8-17-12)10-5-4-9(15)6-11(10)16/h4-6,8,18H,7H2,1-3H3. The molecule has 5 heteroatoms. The van der Waals surface area contributed by atoms with Crippen LogP contribution in [0.4, 0.5) is 0 Å². The van der Waals surface area contributed by atoms with Crippen molar-refractivity contribution < 1.29 is 4.42 Å². The maximum Gasteiger partial charge on any atom is 0.181 e. The summed E-state index contributed by atoms with van der Waals surface area (Å²) in [7, 11) is 0. The summed E-state index contributed by atoms with van der Waals surface area (Å²) in [6, 6.07) is 6.00. The topological polar surface area (TPSA) is 38.1 Å². The molecule has 0 aliphatic rings. The second kappa shape index (κ2) is 5.77. The van der Waals surface area contributed by atoms with Gasteiger partial charge in [0.05, 0.1) is 0 Å². The summed E-state index contributed by atoms with van der Waals surface area (Å²) in [5.74, 6) is 0.802. The Kier molecular flexibility index (Phi) is 4.48. The van der Waals surface area contributed by atoms with Crippen LogP contribution in [0.5, 0.6) is 0 Å². The summed E-state index contributed by atoms with van der Waals surface area (Å²) < 4.78 is 7.55. The molecule has 0 aliphatic heterocycles. The predicted molar refractivity (Wildman–Crippen MR) is 83.9 cm³/mol. The number of benzene rings is 1. The first-order valence-electron chi connectivity index (χ1n) is 5.99. The van der Waals surface area contributed by atoms with Crippen LogP contribution in [0.1, 0.15) is 26.5 Å². The molecule has 0 amide bonds. The molecule has 2 aromatic rings. The molecule has 1 N–H and O–H groups in total. The lowest BCUT2D eigenvalue weighted by molar-refractivity contribution is 0.421. The minimum atomic E-state index is 0.0488. The molecule has 1 aromatic carbocycles. The molecule has 0 unspecified atom stereocenters. The summed E-state index contributed by atoms with van der Waals surface area (Å²) in [5.41, 5.74) is 1.97. The number of oxazole rings is 1. The molecule has 0 radical (unpaired) electrons. The molecular weight excluding hydrogens is 372 g/mol. The number of hydrogen-bond acceptors (Lipinski definition) is 3. The van der Waals surface area contributed by atoms with Crippen molar-refractivity contribution in [3.8, 4) is 11.3 Å². The Labute approximate surface area is 130 Å². The largest absolute Gasteiger partial charge is 0.443 e. The second-order valence-electron chi connectivity index (χ2n) is 5.36. The minimum absolute atomic E-state index is 0.0488. The molecule has 1 heterocycles. The lowest BCUT2D eigenvalue weighted by Gasteiger charge is -2.19. The van der Waals surface area contributed by atoms with Crippen LogP contribution in [-0.2, 0) is 6.54 Å². The molecule has 0 fully saturated rings. The van der Waals surface area contributed by atoms with Crippen molar-refractivity contribution in [2.45, 2.75) is 32.9 Å². The Morgan fingerprint density at radius 2 is 2.00 bits per heavy atom. The van der Waals surface area contributed by atoms with Crippen molar-refractivity contribution in [2.75, 3.05) is 0 Å². The van der Waals surface area contributed by atoms with Crippen LogP contribution in [0.3, 0.4) is 0 Å². The fourth-order valence-electron chi connectivity index (χ4n) is 1.64. The lowest BCUT2D eigenvalue weighted by Crippen LogP contribution is -2.35.